The maximum atomic E-state index is 11.8. The normalized spacial score (nSPS) is 9.85. The lowest BCUT2D eigenvalue weighted by Gasteiger charge is -2.08. The second kappa shape index (κ2) is 6.16. The molecule has 1 heterocycles. The molecule has 102 valence electrons. The Balaban J connectivity index is 2.00. The highest BCUT2D eigenvalue weighted by atomic mass is 79.9. The molecule has 0 unspecified atom stereocenters. The van der Waals surface area contributed by atoms with E-state index in [0.29, 0.717) is 10.0 Å². The zero-order valence-electron chi connectivity index (χ0n) is 10.1. The number of carbonyl (C=O) groups excluding carboxylic acids is 2. The zero-order chi connectivity index (χ0) is 14.5. The molecule has 1 aromatic carbocycles. The summed E-state index contributed by atoms with van der Waals surface area (Å²) < 4.78 is 0.644. The van der Waals surface area contributed by atoms with Crippen LogP contribution in [0.1, 0.15) is 20.7 Å². The van der Waals surface area contributed by atoms with E-state index in [-0.39, 0.29) is 11.3 Å². The minimum absolute atomic E-state index is 0.0553. The van der Waals surface area contributed by atoms with Gasteiger partial charge in [0, 0.05) is 16.9 Å². The number of phenols is 1. The van der Waals surface area contributed by atoms with Gasteiger partial charge in [0.15, 0.2) is 0 Å². The Hall–Kier alpha value is -2.41. The monoisotopic (exact) mass is 335 g/mol. The number of hydrogen-bond donors (Lipinski definition) is 3. The van der Waals surface area contributed by atoms with Crippen LogP contribution >= 0.6 is 15.9 Å². The van der Waals surface area contributed by atoms with Crippen molar-refractivity contribution in [2.24, 2.45) is 0 Å². The van der Waals surface area contributed by atoms with Gasteiger partial charge >= 0.3 is 0 Å². The van der Waals surface area contributed by atoms with Crippen LogP contribution < -0.4 is 10.9 Å². The molecule has 20 heavy (non-hydrogen) atoms. The number of nitrogens with one attached hydrogen (secondary N) is 2. The summed E-state index contributed by atoms with van der Waals surface area (Å²) in [6.07, 6.45) is 2.91. The van der Waals surface area contributed by atoms with Crippen LogP contribution in [0.25, 0.3) is 0 Å². The fourth-order valence-electron chi connectivity index (χ4n) is 1.45. The van der Waals surface area contributed by atoms with Crippen molar-refractivity contribution in [2.75, 3.05) is 0 Å². The van der Waals surface area contributed by atoms with Crippen molar-refractivity contribution >= 4 is 27.7 Å². The minimum atomic E-state index is -0.618. The standard InChI is InChI=1S/C13H10BrN3O3/c14-9-3-4-10(11(18)6-9)13(20)17-16-12(19)8-2-1-5-15-7-8/h1-7,18H,(H,16,19)(H,17,20). The lowest BCUT2D eigenvalue weighted by atomic mass is 10.2. The highest BCUT2D eigenvalue weighted by Gasteiger charge is 2.12. The Morgan fingerprint density at radius 2 is 1.90 bits per heavy atom. The molecule has 0 radical (unpaired) electrons. The topological polar surface area (TPSA) is 91.3 Å². The van der Waals surface area contributed by atoms with Crippen LogP contribution in [0, 0.1) is 0 Å². The van der Waals surface area contributed by atoms with Crippen LogP contribution in [0.2, 0.25) is 0 Å². The van der Waals surface area contributed by atoms with Gasteiger partial charge < -0.3 is 5.11 Å². The van der Waals surface area contributed by atoms with Crippen molar-refractivity contribution in [1.29, 1.82) is 0 Å². The summed E-state index contributed by atoms with van der Waals surface area (Å²) in [7, 11) is 0. The quantitative estimate of drug-likeness (QED) is 0.727. The number of aromatic hydroxyl groups is 1. The number of aromatic nitrogens is 1. The fraction of sp³-hybridized carbons (Fsp3) is 0. The number of phenolic OH excluding ortho intramolecular Hbond substituents is 1. The Morgan fingerprint density at radius 1 is 1.15 bits per heavy atom. The van der Waals surface area contributed by atoms with Gasteiger partial charge in [-0.15, -0.1) is 0 Å². The van der Waals surface area contributed by atoms with E-state index in [0.717, 1.165) is 0 Å². The Morgan fingerprint density at radius 3 is 2.55 bits per heavy atom. The number of benzene rings is 1. The number of hydrogen-bond acceptors (Lipinski definition) is 4. The Labute approximate surface area is 122 Å². The number of hydrazine groups is 1. The molecule has 6 nitrogen and oxygen atoms in total. The molecule has 2 aromatic rings. The van der Waals surface area contributed by atoms with E-state index in [9.17, 15) is 14.7 Å². The lowest BCUT2D eigenvalue weighted by molar-refractivity contribution is 0.0845. The van der Waals surface area contributed by atoms with Crippen molar-refractivity contribution in [3.8, 4) is 5.75 Å². The number of nitrogens with zero attached hydrogens (tertiary/aromatic N) is 1. The van der Waals surface area contributed by atoms with Gasteiger partial charge in [0.1, 0.15) is 5.75 Å². The second-order valence-electron chi connectivity index (χ2n) is 3.81. The molecule has 7 heteroatoms. The molecule has 0 atom stereocenters. The summed E-state index contributed by atoms with van der Waals surface area (Å²) in [4.78, 5) is 27.3. The van der Waals surface area contributed by atoms with Crippen molar-refractivity contribution in [3.05, 3.63) is 58.3 Å². The average molecular weight is 336 g/mol. The van der Waals surface area contributed by atoms with Gasteiger partial charge in [0.25, 0.3) is 11.8 Å². The number of carbonyl (C=O) groups is 2. The molecule has 0 spiro atoms. The first-order chi connectivity index (χ1) is 9.58. The van der Waals surface area contributed by atoms with E-state index in [1.807, 2.05) is 0 Å². The maximum absolute atomic E-state index is 11.8. The first-order valence-corrected chi connectivity index (χ1v) is 6.36. The first kappa shape index (κ1) is 14.0. The van der Waals surface area contributed by atoms with E-state index in [1.54, 1.807) is 18.2 Å². The van der Waals surface area contributed by atoms with E-state index < -0.39 is 11.8 Å². The predicted octanol–water partition coefficient (Wildman–Crippen LogP) is 1.62. The van der Waals surface area contributed by atoms with Crippen LogP contribution in [0.4, 0.5) is 0 Å². The number of rotatable bonds is 2. The van der Waals surface area contributed by atoms with Gasteiger partial charge in [-0.25, -0.2) is 0 Å². The average Bonchev–Trinajstić information content (AvgIpc) is 2.45. The summed E-state index contributed by atoms with van der Waals surface area (Å²) in [5.74, 6) is -1.30. The minimum Gasteiger partial charge on any atom is -0.507 e. The maximum Gasteiger partial charge on any atom is 0.273 e. The number of amides is 2. The zero-order valence-corrected chi connectivity index (χ0v) is 11.7. The molecular weight excluding hydrogens is 326 g/mol. The van der Waals surface area contributed by atoms with Gasteiger partial charge in [-0.05, 0) is 30.3 Å². The molecule has 2 rings (SSSR count). The third kappa shape index (κ3) is 3.33. The summed E-state index contributed by atoms with van der Waals surface area (Å²) in [6.45, 7) is 0. The molecule has 0 fully saturated rings. The molecule has 1 aromatic heterocycles. The predicted molar refractivity (Wildman–Crippen MR) is 75.0 cm³/mol. The van der Waals surface area contributed by atoms with Gasteiger partial charge in [-0.1, -0.05) is 15.9 Å². The number of pyridine rings is 1. The van der Waals surface area contributed by atoms with Gasteiger partial charge in [-0.2, -0.15) is 0 Å². The largest absolute Gasteiger partial charge is 0.507 e. The Bertz CT molecular complexity index is 647. The first-order valence-electron chi connectivity index (χ1n) is 5.57. The van der Waals surface area contributed by atoms with Crippen molar-refractivity contribution < 1.29 is 14.7 Å². The van der Waals surface area contributed by atoms with Crippen LogP contribution in [0.15, 0.2) is 47.2 Å². The van der Waals surface area contributed by atoms with Gasteiger partial charge in [0.05, 0.1) is 11.1 Å². The van der Waals surface area contributed by atoms with Crippen LogP contribution in [-0.4, -0.2) is 21.9 Å². The summed E-state index contributed by atoms with van der Waals surface area (Å²) in [6, 6.07) is 7.60. The fourth-order valence-corrected chi connectivity index (χ4v) is 1.80. The third-order valence-corrected chi connectivity index (χ3v) is 2.91. The van der Waals surface area contributed by atoms with Gasteiger partial charge in [0.2, 0.25) is 0 Å². The molecular formula is C13H10BrN3O3. The van der Waals surface area contributed by atoms with E-state index >= 15 is 0 Å². The van der Waals surface area contributed by atoms with E-state index in [1.165, 1.54) is 24.5 Å². The van der Waals surface area contributed by atoms with Crippen molar-refractivity contribution in [1.82, 2.24) is 15.8 Å². The van der Waals surface area contributed by atoms with Crippen LogP contribution in [0.5, 0.6) is 5.75 Å². The molecule has 3 N–H and O–H groups in total. The van der Waals surface area contributed by atoms with Gasteiger partial charge in [-0.3, -0.25) is 25.4 Å². The number of halogens is 1. The highest BCUT2D eigenvalue weighted by molar-refractivity contribution is 9.10. The summed E-state index contributed by atoms with van der Waals surface area (Å²) in [5.41, 5.74) is 4.82. The molecule has 0 aliphatic rings. The van der Waals surface area contributed by atoms with E-state index in [2.05, 4.69) is 31.8 Å². The van der Waals surface area contributed by atoms with Crippen molar-refractivity contribution in [3.63, 3.8) is 0 Å². The van der Waals surface area contributed by atoms with Crippen LogP contribution in [0.3, 0.4) is 0 Å². The van der Waals surface area contributed by atoms with Crippen molar-refractivity contribution in [2.45, 2.75) is 0 Å². The molecule has 0 aliphatic carbocycles. The van der Waals surface area contributed by atoms with Crippen LogP contribution in [-0.2, 0) is 0 Å². The SMILES string of the molecule is O=C(NNC(=O)c1ccc(Br)cc1O)c1cccnc1. The van der Waals surface area contributed by atoms with E-state index in [4.69, 9.17) is 0 Å². The lowest BCUT2D eigenvalue weighted by Crippen LogP contribution is -2.41. The smallest absolute Gasteiger partial charge is 0.273 e. The molecule has 0 aliphatic heterocycles. The summed E-state index contributed by atoms with van der Waals surface area (Å²) in [5, 5.41) is 9.63. The molecule has 2 amide bonds. The Kier molecular flexibility index (Phi) is 4.31. The second-order valence-corrected chi connectivity index (χ2v) is 4.73. The highest BCUT2D eigenvalue weighted by Crippen LogP contribution is 2.21. The molecule has 0 bridgehead atoms. The molecule has 0 saturated heterocycles. The molecule has 0 saturated carbocycles. The summed E-state index contributed by atoms with van der Waals surface area (Å²) >= 11 is 3.17. The third-order valence-electron chi connectivity index (χ3n) is 2.42.